The van der Waals surface area contributed by atoms with E-state index in [9.17, 15) is 14.7 Å². The molecule has 0 bridgehead atoms. The molecule has 2 rings (SSSR count). The van der Waals surface area contributed by atoms with Crippen molar-refractivity contribution in [3.63, 3.8) is 0 Å². The van der Waals surface area contributed by atoms with E-state index in [2.05, 4.69) is 0 Å². The molecule has 0 aliphatic carbocycles. The first-order valence-corrected chi connectivity index (χ1v) is 5.64. The highest BCUT2D eigenvalue weighted by Gasteiger charge is 2.23. The number of aliphatic hydroxyl groups excluding tert-OH is 1. The Morgan fingerprint density at radius 3 is 2.71 bits per heavy atom. The minimum Gasteiger partial charge on any atom is -0.385 e. The van der Waals surface area contributed by atoms with E-state index in [0.29, 0.717) is 12.1 Å². The molecule has 0 unspecified atom stereocenters. The second-order valence-electron chi connectivity index (χ2n) is 4.30. The maximum atomic E-state index is 11.6. The van der Waals surface area contributed by atoms with Gasteiger partial charge in [0, 0.05) is 24.7 Å². The van der Waals surface area contributed by atoms with E-state index in [1.807, 2.05) is 0 Å². The van der Waals surface area contributed by atoms with Crippen LogP contribution in [0.4, 0.5) is 5.69 Å². The zero-order chi connectivity index (χ0) is 12.6. The van der Waals surface area contributed by atoms with Crippen LogP contribution in [0.3, 0.4) is 0 Å². The summed E-state index contributed by atoms with van der Waals surface area (Å²) in [7, 11) is 0. The van der Waals surface area contributed by atoms with Crippen LogP contribution in [0.1, 0.15) is 29.8 Å². The van der Waals surface area contributed by atoms with Gasteiger partial charge in [-0.3, -0.25) is 9.59 Å². The Hall–Kier alpha value is -1.68. The Labute approximate surface area is 99.9 Å². The molecule has 0 saturated heterocycles. The van der Waals surface area contributed by atoms with Crippen LogP contribution in [0.5, 0.6) is 0 Å². The summed E-state index contributed by atoms with van der Waals surface area (Å²) in [5, 5.41) is 9.25. The Bertz CT molecular complexity index is 480. The zero-order valence-electron chi connectivity index (χ0n) is 9.93. The summed E-state index contributed by atoms with van der Waals surface area (Å²) in [4.78, 5) is 24.7. The SMILES string of the molecule is CC(=O)N1CCc2cc(C(=O)[C@H](C)O)ccc21. The van der Waals surface area contributed by atoms with E-state index in [4.69, 9.17) is 0 Å². The minimum absolute atomic E-state index is 0.0124. The summed E-state index contributed by atoms with van der Waals surface area (Å²) in [6.07, 6.45) is -0.228. The molecule has 1 atom stereocenters. The molecule has 1 aliphatic rings. The quantitative estimate of drug-likeness (QED) is 0.780. The van der Waals surface area contributed by atoms with Gasteiger partial charge in [0.1, 0.15) is 6.10 Å². The van der Waals surface area contributed by atoms with Crippen LogP contribution < -0.4 is 4.90 Å². The van der Waals surface area contributed by atoms with Gasteiger partial charge in [-0.1, -0.05) is 0 Å². The van der Waals surface area contributed by atoms with Gasteiger partial charge in [-0.05, 0) is 37.1 Å². The molecule has 4 nitrogen and oxygen atoms in total. The number of hydrogen-bond donors (Lipinski definition) is 1. The molecule has 1 heterocycles. The van der Waals surface area contributed by atoms with Crippen molar-refractivity contribution in [2.75, 3.05) is 11.4 Å². The lowest BCUT2D eigenvalue weighted by Crippen LogP contribution is -2.25. The van der Waals surface area contributed by atoms with Crippen molar-refractivity contribution in [3.8, 4) is 0 Å². The lowest BCUT2D eigenvalue weighted by molar-refractivity contribution is -0.116. The molecule has 17 heavy (non-hydrogen) atoms. The maximum absolute atomic E-state index is 11.6. The molecule has 0 radical (unpaired) electrons. The van der Waals surface area contributed by atoms with Gasteiger partial charge < -0.3 is 10.0 Å². The first kappa shape index (κ1) is 11.8. The number of amides is 1. The van der Waals surface area contributed by atoms with Crippen molar-refractivity contribution < 1.29 is 14.7 Å². The summed E-state index contributed by atoms with van der Waals surface area (Å²) < 4.78 is 0. The number of nitrogens with zero attached hydrogens (tertiary/aromatic N) is 1. The van der Waals surface area contributed by atoms with Gasteiger partial charge in [0.15, 0.2) is 5.78 Å². The van der Waals surface area contributed by atoms with Gasteiger partial charge in [-0.25, -0.2) is 0 Å². The predicted octanol–water partition coefficient (Wildman–Crippen LogP) is 1.16. The van der Waals surface area contributed by atoms with Gasteiger partial charge in [0.2, 0.25) is 5.91 Å². The number of fused-ring (bicyclic) bond motifs is 1. The fourth-order valence-electron chi connectivity index (χ4n) is 2.12. The standard InChI is InChI=1S/C13H15NO3/c1-8(15)13(17)11-3-4-12-10(7-11)5-6-14(12)9(2)16/h3-4,7-8,15H,5-6H2,1-2H3/t8-/m0/s1. The number of aliphatic hydroxyl groups is 1. The fourth-order valence-corrected chi connectivity index (χ4v) is 2.12. The average molecular weight is 233 g/mol. The fraction of sp³-hybridized carbons (Fsp3) is 0.385. The van der Waals surface area contributed by atoms with Crippen LogP contribution in [-0.4, -0.2) is 29.4 Å². The summed E-state index contributed by atoms with van der Waals surface area (Å²) in [5.74, 6) is -0.271. The number of carbonyl (C=O) groups excluding carboxylic acids is 2. The van der Waals surface area contributed by atoms with Crippen molar-refractivity contribution in [2.45, 2.75) is 26.4 Å². The molecule has 1 aromatic carbocycles. The van der Waals surface area contributed by atoms with Crippen molar-refractivity contribution in [1.82, 2.24) is 0 Å². The van der Waals surface area contributed by atoms with E-state index in [0.717, 1.165) is 17.7 Å². The molecule has 4 heteroatoms. The largest absolute Gasteiger partial charge is 0.385 e. The van der Waals surface area contributed by atoms with Crippen LogP contribution in [-0.2, 0) is 11.2 Å². The molecule has 1 aromatic rings. The van der Waals surface area contributed by atoms with E-state index >= 15 is 0 Å². The van der Waals surface area contributed by atoms with Crippen molar-refractivity contribution in [2.24, 2.45) is 0 Å². The normalized spacial score (nSPS) is 15.6. The number of benzene rings is 1. The minimum atomic E-state index is -0.988. The molecule has 1 N–H and O–H groups in total. The second kappa shape index (κ2) is 4.30. The van der Waals surface area contributed by atoms with Crippen LogP contribution in [0.2, 0.25) is 0 Å². The highest BCUT2D eigenvalue weighted by atomic mass is 16.3. The Kier molecular flexibility index (Phi) is 2.98. The predicted molar refractivity (Wildman–Crippen MR) is 64.2 cm³/mol. The van der Waals surface area contributed by atoms with Crippen LogP contribution in [0.25, 0.3) is 0 Å². The van der Waals surface area contributed by atoms with Gasteiger partial charge in [0.25, 0.3) is 0 Å². The first-order chi connectivity index (χ1) is 8.00. The first-order valence-electron chi connectivity index (χ1n) is 5.64. The van der Waals surface area contributed by atoms with Crippen LogP contribution in [0.15, 0.2) is 18.2 Å². The molecule has 0 fully saturated rings. The van der Waals surface area contributed by atoms with Gasteiger partial charge in [-0.15, -0.1) is 0 Å². The van der Waals surface area contributed by atoms with Crippen LogP contribution in [0, 0.1) is 0 Å². The Balaban J connectivity index is 2.35. The molecule has 0 saturated carbocycles. The average Bonchev–Trinajstić information content (AvgIpc) is 2.70. The molecule has 1 aliphatic heterocycles. The van der Waals surface area contributed by atoms with E-state index in [1.54, 1.807) is 23.1 Å². The summed E-state index contributed by atoms with van der Waals surface area (Å²) in [6, 6.07) is 5.21. The van der Waals surface area contributed by atoms with Gasteiger partial charge in [-0.2, -0.15) is 0 Å². The zero-order valence-corrected chi connectivity index (χ0v) is 9.93. The number of ketones is 1. The van der Waals surface area contributed by atoms with E-state index in [1.165, 1.54) is 13.8 Å². The second-order valence-corrected chi connectivity index (χ2v) is 4.30. The summed E-state index contributed by atoms with van der Waals surface area (Å²) in [5.41, 5.74) is 2.37. The molecular formula is C13H15NO3. The van der Waals surface area contributed by atoms with Crippen molar-refractivity contribution in [3.05, 3.63) is 29.3 Å². The molecular weight excluding hydrogens is 218 g/mol. The molecule has 90 valence electrons. The number of rotatable bonds is 2. The van der Waals surface area contributed by atoms with Crippen molar-refractivity contribution in [1.29, 1.82) is 0 Å². The van der Waals surface area contributed by atoms with Gasteiger partial charge >= 0.3 is 0 Å². The topological polar surface area (TPSA) is 57.6 Å². The monoisotopic (exact) mass is 233 g/mol. The molecule has 0 spiro atoms. The van der Waals surface area contributed by atoms with E-state index < -0.39 is 6.10 Å². The highest BCUT2D eigenvalue weighted by Crippen LogP contribution is 2.29. The Morgan fingerprint density at radius 2 is 2.12 bits per heavy atom. The number of hydrogen-bond acceptors (Lipinski definition) is 3. The van der Waals surface area contributed by atoms with Crippen molar-refractivity contribution >= 4 is 17.4 Å². The molecule has 0 aromatic heterocycles. The third-order valence-corrected chi connectivity index (χ3v) is 3.02. The summed E-state index contributed by atoms with van der Waals surface area (Å²) >= 11 is 0. The third-order valence-electron chi connectivity index (χ3n) is 3.02. The van der Waals surface area contributed by atoms with Crippen LogP contribution >= 0.6 is 0 Å². The number of carbonyl (C=O) groups is 2. The lowest BCUT2D eigenvalue weighted by atomic mass is 10.0. The Morgan fingerprint density at radius 1 is 1.41 bits per heavy atom. The van der Waals surface area contributed by atoms with E-state index in [-0.39, 0.29) is 11.7 Å². The lowest BCUT2D eigenvalue weighted by Gasteiger charge is -2.14. The van der Waals surface area contributed by atoms with Gasteiger partial charge in [0.05, 0.1) is 0 Å². The number of Topliss-reactive ketones (excluding diaryl/α,β-unsaturated/α-hetero) is 1. The molecule has 1 amide bonds. The maximum Gasteiger partial charge on any atom is 0.223 e. The number of anilines is 1. The smallest absolute Gasteiger partial charge is 0.223 e. The third kappa shape index (κ3) is 2.08. The summed E-state index contributed by atoms with van der Waals surface area (Å²) in [6.45, 7) is 3.65. The highest BCUT2D eigenvalue weighted by molar-refractivity contribution is 6.01.